The molecule has 1 fully saturated rings. The summed E-state index contributed by atoms with van der Waals surface area (Å²) in [6.45, 7) is 3.47. The van der Waals surface area contributed by atoms with Gasteiger partial charge in [-0.3, -0.25) is 4.79 Å². The molecule has 1 aliphatic rings. The zero-order valence-corrected chi connectivity index (χ0v) is 14.7. The third-order valence-electron chi connectivity index (χ3n) is 4.95. The van der Waals surface area contributed by atoms with Gasteiger partial charge in [-0.15, -0.1) is 0 Å². The predicted molar refractivity (Wildman–Crippen MR) is 104 cm³/mol. The molecule has 3 heterocycles. The van der Waals surface area contributed by atoms with Gasteiger partial charge in [0.05, 0.1) is 5.69 Å². The maximum absolute atomic E-state index is 12.1. The fraction of sp³-hybridized carbons (Fsp3) is 0.300. The van der Waals surface area contributed by atoms with Crippen LogP contribution in [-0.4, -0.2) is 53.5 Å². The number of carbonyl (C=O) groups is 1. The van der Waals surface area contributed by atoms with Crippen molar-refractivity contribution < 1.29 is 4.79 Å². The average molecular weight is 349 g/mol. The summed E-state index contributed by atoms with van der Waals surface area (Å²) in [5, 5.41) is 1.12. The average Bonchev–Trinajstić information content (AvgIpc) is 3.17. The first-order chi connectivity index (χ1) is 12.8. The zero-order chi connectivity index (χ0) is 17.9. The first-order valence-corrected chi connectivity index (χ1v) is 9.02. The Morgan fingerprint density at radius 2 is 1.88 bits per heavy atom. The number of nitrogens with one attached hydrogen (secondary N) is 1. The van der Waals surface area contributed by atoms with Crippen LogP contribution in [-0.2, 0) is 4.79 Å². The second-order valence-corrected chi connectivity index (χ2v) is 6.53. The van der Waals surface area contributed by atoms with Crippen LogP contribution in [0.5, 0.6) is 0 Å². The highest BCUT2D eigenvalue weighted by Crippen LogP contribution is 2.36. The van der Waals surface area contributed by atoms with Gasteiger partial charge in [0.2, 0.25) is 5.91 Å². The summed E-state index contributed by atoms with van der Waals surface area (Å²) in [5.74, 6) is 0.150. The van der Waals surface area contributed by atoms with Gasteiger partial charge in [-0.2, -0.15) is 0 Å². The highest BCUT2D eigenvalue weighted by molar-refractivity contribution is 5.98. The standard InChI is InChI=1S/C20H23N5O/c21-8-6-18(26)24-10-12-25(13-11-24)19-16-7-9-22-20(16)23-14-17(19)15-4-2-1-3-5-15/h1-5,7,9,14H,6,8,10-13,21H2,(H,22,23). The summed E-state index contributed by atoms with van der Waals surface area (Å²) in [4.78, 5) is 24.2. The van der Waals surface area contributed by atoms with Gasteiger partial charge in [-0.1, -0.05) is 30.3 Å². The monoisotopic (exact) mass is 349 g/mol. The van der Waals surface area contributed by atoms with Crippen LogP contribution >= 0.6 is 0 Å². The van der Waals surface area contributed by atoms with Crippen LogP contribution in [0, 0.1) is 0 Å². The van der Waals surface area contributed by atoms with E-state index >= 15 is 0 Å². The van der Waals surface area contributed by atoms with Crippen molar-refractivity contribution in [1.82, 2.24) is 14.9 Å². The van der Waals surface area contributed by atoms with Crippen molar-refractivity contribution in [3.8, 4) is 11.1 Å². The summed E-state index contributed by atoms with van der Waals surface area (Å²) in [5.41, 5.74) is 9.88. The Labute approximate surface area is 152 Å². The Bertz CT molecular complexity index is 897. The van der Waals surface area contributed by atoms with E-state index in [9.17, 15) is 4.79 Å². The molecule has 0 atom stereocenters. The number of anilines is 1. The quantitative estimate of drug-likeness (QED) is 0.757. The molecule has 3 N–H and O–H groups in total. The van der Waals surface area contributed by atoms with E-state index in [1.54, 1.807) is 0 Å². The molecule has 0 unspecified atom stereocenters. The summed E-state index contributed by atoms with van der Waals surface area (Å²) < 4.78 is 0. The van der Waals surface area contributed by atoms with Gasteiger partial charge in [0, 0.05) is 62.5 Å². The van der Waals surface area contributed by atoms with Crippen molar-refractivity contribution in [3.05, 3.63) is 48.8 Å². The van der Waals surface area contributed by atoms with E-state index in [0.717, 1.165) is 48.3 Å². The number of aromatic nitrogens is 2. The number of fused-ring (bicyclic) bond motifs is 1. The van der Waals surface area contributed by atoms with E-state index in [2.05, 4.69) is 33.1 Å². The van der Waals surface area contributed by atoms with Crippen LogP contribution in [0.3, 0.4) is 0 Å². The second-order valence-electron chi connectivity index (χ2n) is 6.53. The molecule has 1 aromatic carbocycles. The first kappa shape index (κ1) is 16.6. The maximum atomic E-state index is 12.1. The number of benzene rings is 1. The molecule has 2 aromatic heterocycles. The van der Waals surface area contributed by atoms with E-state index < -0.39 is 0 Å². The number of piperazine rings is 1. The number of nitrogens with two attached hydrogens (primary N) is 1. The van der Waals surface area contributed by atoms with Gasteiger partial charge < -0.3 is 20.5 Å². The molecule has 0 radical (unpaired) electrons. The number of carbonyl (C=O) groups excluding carboxylic acids is 1. The van der Waals surface area contributed by atoms with Gasteiger partial charge in [0.1, 0.15) is 5.65 Å². The highest BCUT2D eigenvalue weighted by atomic mass is 16.2. The molecule has 1 saturated heterocycles. The SMILES string of the molecule is NCCC(=O)N1CCN(c2c(-c3ccccc3)cnc3[nH]ccc23)CC1. The lowest BCUT2D eigenvalue weighted by Crippen LogP contribution is -2.49. The Morgan fingerprint density at radius 1 is 1.12 bits per heavy atom. The molecule has 1 aliphatic heterocycles. The zero-order valence-electron chi connectivity index (χ0n) is 14.7. The molecular weight excluding hydrogens is 326 g/mol. The fourth-order valence-electron chi connectivity index (χ4n) is 3.62. The van der Waals surface area contributed by atoms with Gasteiger partial charge in [0.15, 0.2) is 0 Å². The van der Waals surface area contributed by atoms with Crippen molar-refractivity contribution >= 4 is 22.6 Å². The fourth-order valence-corrected chi connectivity index (χ4v) is 3.62. The van der Waals surface area contributed by atoms with E-state index in [0.29, 0.717) is 13.0 Å². The van der Waals surface area contributed by atoms with Crippen LogP contribution in [0.1, 0.15) is 6.42 Å². The number of hydrogen-bond donors (Lipinski definition) is 2. The molecule has 0 bridgehead atoms. The predicted octanol–water partition coefficient (Wildman–Crippen LogP) is 2.23. The van der Waals surface area contributed by atoms with Gasteiger partial charge in [-0.25, -0.2) is 4.98 Å². The summed E-state index contributed by atoms with van der Waals surface area (Å²) >= 11 is 0. The molecule has 3 aromatic rings. The topological polar surface area (TPSA) is 78.2 Å². The highest BCUT2D eigenvalue weighted by Gasteiger charge is 2.24. The van der Waals surface area contributed by atoms with E-state index in [1.165, 1.54) is 5.69 Å². The number of nitrogens with zero attached hydrogens (tertiary/aromatic N) is 3. The van der Waals surface area contributed by atoms with Crippen LogP contribution in [0.4, 0.5) is 5.69 Å². The minimum atomic E-state index is 0.150. The van der Waals surface area contributed by atoms with Gasteiger partial charge >= 0.3 is 0 Å². The molecule has 26 heavy (non-hydrogen) atoms. The van der Waals surface area contributed by atoms with Gasteiger partial charge in [0.25, 0.3) is 0 Å². The number of H-pyrrole nitrogens is 1. The number of pyridine rings is 1. The number of hydrogen-bond acceptors (Lipinski definition) is 4. The second kappa shape index (κ2) is 7.17. The summed E-state index contributed by atoms with van der Waals surface area (Å²) in [6.07, 6.45) is 4.29. The molecule has 0 spiro atoms. The molecule has 0 aliphatic carbocycles. The van der Waals surface area contributed by atoms with Crippen LogP contribution in [0.2, 0.25) is 0 Å². The van der Waals surface area contributed by atoms with Gasteiger partial charge in [-0.05, 0) is 11.6 Å². The molecular formula is C20H23N5O. The van der Waals surface area contributed by atoms with E-state index in [1.807, 2.05) is 35.5 Å². The molecule has 6 nitrogen and oxygen atoms in total. The maximum Gasteiger partial charge on any atom is 0.223 e. The summed E-state index contributed by atoms with van der Waals surface area (Å²) in [7, 11) is 0. The minimum Gasteiger partial charge on any atom is -0.367 e. The van der Waals surface area contributed by atoms with Crippen molar-refractivity contribution in [2.45, 2.75) is 6.42 Å². The van der Waals surface area contributed by atoms with Crippen molar-refractivity contribution in [1.29, 1.82) is 0 Å². The largest absolute Gasteiger partial charge is 0.367 e. The third kappa shape index (κ3) is 3.04. The number of aromatic amines is 1. The van der Waals surface area contributed by atoms with E-state index in [-0.39, 0.29) is 5.91 Å². The lowest BCUT2D eigenvalue weighted by atomic mass is 10.0. The van der Waals surface area contributed by atoms with Crippen LogP contribution in [0.25, 0.3) is 22.2 Å². The Hall–Kier alpha value is -2.86. The Kier molecular flexibility index (Phi) is 4.58. The molecule has 6 heteroatoms. The number of rotatable bonds is 4. The van der Waals surface area contributed by atoms with Crippen molar-refractivity contribution in [2.75, 3.05) is 37.6 Å². The van der Waals surface area contributed by atoms with Crippen molar-refractivity contribution in [3.63, 3.8) is 0 Å². The third-order valence-corrected chi connectivity index (χ3v) is 4.95. The Morgan fingerprint density at radius 3 is 2.62 bits per heavy atom. The minimum absolute atomic E-state index is 0.150. The molecule has 1 amide bonds. The van der Waals surface area contributed by atoms with Crippen LogP contribution < -0.4 is 10.6 Å². The van der Waals surface area contributed by atoms with E-state index in [4.69, 9.17) is 5.73 Å². The molecule has 4 rings (SSSR count). The molecule has 0 saturated carbocycles. The lowest BCUT2D eigenvalue weighted by Gasteiger charge is -2.37. The normalized spacial score (nSPS) is 14.8. The smallest absolute Gasteiger partial charge is 0.223 e. The number of amides is 1. The lowest BCUT2D eigenvalue weighted by molar-refractivity contribution is -0.131. The van der Waals surface area contributed by atoms with Crippen LogP contribution in [0.15, 0.2) is 48.8 Å². The first-order valence-electron chi connectivity index (χ1n) is 9.02. The van der Waals surface area contributed by atoms with Crippen molar-refractivity contribution in [2.24, 2.45) is 5.73 Å². The molecule has 134 valence electrons. The summed E-state index contributed by atoms with van der Waals surface area (Å²) in [6, 6.07) is 12.4. The Balaban J connectivity index is 1.68.